The van der Waals surface area contributed by atoms with Crippen LogP contribution in [0.15, 0.2) is 24.3 Å². The lowest BCUT2D eigenvalue weighted by atomic mass is 10.2. The summed E-state index contributed by atoms with van der Waals surface area (Å²) in [5, 5.41) is 0. The van der Waals surface area contributed by atoms with E-state index in [0.717, 1.165) is 39.1 Å². The molecule has 5 heteroatoms. The molecule has 1 aliphatic heterocycles. The Morgan fingerprint density at radius 3 is 2.60 bits per heavy atom. The molecule has 0 bridgehead atoms. The van der Waals surface area contributed by atoms with E-state index < -0.39 is 0 Å². The van der Waals surface area contributed by atoms with Gasteiger partial charge in [-0.1, -0.05) is 12.1 Å². The lowest BCUT2D eigenvalue weighted by Gasteiger charge is -2.37. The van der Waals surface area contributed by atoms with Crippen molar-refractivity contribution in [3.8, 4) is 0 Å². The van der Waals surface area contributed by atoms with Crippen LogP contribution < -0.4 is 10.6 Å². The van der Waals surface area contributed by atoms with Gasteiger partial charge >= 0.3 is 0 Å². The normalized spacial score (nSPS) is 18.2. The fourth-order valence-electron chi connectivity index (χ4n) is 2.57. The Labute approximate surface area is 120 Å². The number of ether oxygens (including phenoxy) is 1. The van der Waals surface area contributed by atoms with Gasteiger partial charge < -0.3 is 15.4 Å². The first-order valence-corrected chi connectivity index (χ1v) is 7.17. The number of piperazine rings is 1. The van der Waals surface area contributed by atoms with E-state index in [1.54, 1.807) is 13.2 Å². The van der Waals surface area contributed by atoms with E-state index >= 15 is 0 Å². The van der Waals surface area contributed by atoms with E-state index in [1.165, 1.54) is 6.07 Å². The number of rotatable bonds is 6. The molecule has 1 fully saturated rings. The number of nitrogens with zero attached hydrogens (tertiary/aromatic N) is 2. The van der Waals surface area contributed by atoms with Crippen molar-refractivity contribution in [2.75, 3.05) is 51.3 Å². The Morgan fingerprint density at radius 1 is 1.25 bits per heavy atom. The number of benzene rings is 1. The Kier molecular flexibility index (Phi) is 5.76. The van der Waals surface area contributed by atoms with Crippen molar-refractivity contribution < 1.29 is 9.13 Å². The lowest BCUT2D eigenvalue weighted by Crippen LogP contribution is -2.50. The fraction of sp³-hybridized carbons (Fsp3) is 0.600. The molecular formula is C15H24FN3O. The Bertz CT molecular complexity index is 408. The minimum atomic E-state index is -0.141. The van der Waals surface area contributed by atoms with Gasteiger partial charge in [-0.15, -0.1) is 0 Å². The Hall–Kier alpha value is -1.17. The summed E-state index contributed by atoms with van der Waals surface area (Å²) in [6.07, 6.45) is 0.879. The van der Waals surface area contributed by atoms with E-state index in [2.05, 4.69) is 9.80 Å². The smallest absolute Gasteiger partial charge is 0.146 e. The van der Waals surface area contributed by atoms with Crippen molar-refractivity contribution in [1.82, 2.24) is 4.90 Å². The van der Waals surface area contributed by atoms with Gasteiger partial charge in [-0.3, -0.25) is 4.90 Å². The molecule has 4 nitrogen and oxygen atoms in total. The first kappa shape index (κ1) is 15.2. The third-order valence-corrected chi connectivity index (χ3v) is 3.75. The molecule has 1 atom stereocenters. The molecule has 1 aliphatic rings. The van der Waals surface area contributed by atoms with Gasteiger partial charge in [-0.05, 0) is 18.6 Å². The quantitative estimate of drug-likeness (QED) is 0.854. The van der Waals surface area contributed by atoms with Gasteiger partial charge in [0.2, 0.25) is 0 Å². The largest absolute Gasteiger partial charge is 0.385 e. The van der Waals surface area contributed by atoms with Crippen LogP contribution in [0.2, 0.25) is 0 Å². The van der Waals surface area contributed by atoms with Gasteiger partial charge in [0.1, 0.15) is 5.82 Å². The van der Waals surface area contributed by atoms with Crippen LogP contribution in [0.4, 0.5) is 10.1 Å². The van der Waals surface area contributed by atoms with Crippen molar-refractivity contribution in [2.45, 2.75) is 12.5 Å². The first-order chi connectivity index (χ1) is 9.70. The molecule has 0 radical (unpaired) electrons. The number of nitrogens with two attached hydrogens (primary N) is 1. The molecule has 1 saturated heterocycles. The predicted molar refractivity (Wildman–Crippen MR) is 79.5 cm³/mol. The highest BCUT2D eigenvalue weighted by Crippen LogP contribution is 2.20. The van der Waals surface area contributed by atoms with Crippen molar-refractivity contribution in [3.63, 3.8) is 0 Å². The number of hydrogen-bond donors (Lipinski definition) is 1. The van der Waals surface area contributed by atoms with Crippen LogP contribution in [0.1, 0.15) is 6.42 Å². The molecular weight excluding hydrogens is 257 g/mol. The SMILES string of the molecule is COCCC(N)CN1CCN(c2ccccc2F)CC1. The van der Waals surface area contributed by atoms with E-state index in [0.29, 0.717) is 12.3 Å². The van der Waals surface area contributed by atoms with Gasteiger partial charge in [-0.25, -0.2) is 4.39 Å². The van der Waals surface area contributed by atoms with Crippen molar-refractivity contribution in [2.24, 2.45) is 5.73 Å². The second-order valence-corrected chi connectivity index (χ2v) is 5.28. The summed E-state index contributed by atoms with van der Waals surface area (Å²) < 4.78 is 18.8. The number of anilines is 1. The zero-order valence-electron chi connectivity index (χ0n) is 12.1. The summed E-state index contributed by atoms with van der Waals surface area (Å²) in [4.78, 5) is 4.45. The average molecular weight is 281 g/mol. The molecule has 1 aromatic rings. The van der Waals surface area contributed by atoms with Crippen molar-refractivity contribution in [3.05, 3.63) is 30.1 Å². The molecule has 1 heterocycles. The zero-order chi connectivity index (χ0) is 14.4. The van der Waals surface area contributed by atoms with Crippen molar-refractivity contribution in [1.29, 1.82) is 0 Å². The molecule has 20 heavy (non-hydrogen) atoms. The molecule has 0 aromatic heterocycles. The van der Waals surface area contributed by atoms with Crippen LogP contribution in [0.3, 0.4) is 0 Å². The lowest BCUT2D eigenvalue weighted by molar-refractivity contribution is 0.172. The fourth-order valence-corrected chi connectivity index (χ4v) is 2.57. The van der Waals surface area contributed by atoms with Gasteiger partial charge in [0.15, 0.2) is 0 Å². The van der Waals surface area contributed by atoms with E-state index in [4.69, 9.17) is 10.5 Å². The van der Waals surface area contributed by atoms with Crippen LogP contribution >= 0.6 is 0 Å². The number of methoxy groups -OCH3 is 1. The molecule has 0 saturated carbocycles. The maximum atomic E-state index is 13.7. The predicted octanol–water partition coefficient (Wildman–Crippen LogP) is 1.31. The maximum Gasteiger partial charge on any atom is 0.146 e. The van der Waals surface area contributed by atoms with Gasteiger partial charge in [0, 0.05) is 52.5 Å². The summed E-state index contributed by atoms with van der Waals surface area (Å²) in [6.45, 7) is 5.13. The molecule has 2 rings (SSSR count). The molecule has 0 amide bonds. The standard InChI is InChI=1S/C15H24FN3O/c1-20-11-6-13(17)12-18-7-9-19(10-8-18)15-5-3-2-4-14(15)16/h2-5,13H,6-12,17H2,1H3. The summed E-state index contributed by atoms with van der Waals surface area (Å²) in [5.41, 5.74) is 6.77. The highest BCUT2D eigenvalue weighted by molar-refractivity contribution is 5.47. The highest BCUT2D eigenvalue weighted by atomic mass is 19.1. The number of hydrogen-bond acceptors (Lipinski definition) is 4. The van der Waals surface area contributed by atoms with E-state index in [-0.39, 0.29) is 11.9 Å². The third kappa shape index (κ3) is 4.16. The Balaban J connectivity index is 1.79. The number of para-hydroxylation sites is 1. The molecule has 0 spiro atoms. The summed E-state index contributed by atoms with van der Waals surface area (Å²) >= 11 is 0. The zero-order valence-corrected chi connectivity index (χ0v) is 12.1. The molecule has 1 aromatic carbocycles. The summed E-state index contributed by atoms with van der Waals surface area (Å²) in [7, 11) is 1.69. The Morgan fingerprint density at radius 2 is 1.95 bits per heavy atom. The average Bonchev–Trinajstić information content (AvgIpc) is 2.47. The van der Waals surface area contributed by atoms with E-state index in [1.807, 2.05) is 12.1 Å². The molecule has 0 aliphatic carbocycles. The van der Waals surface area contributed by atoms with Gasteiger partial charge in [0.25, 0.3) is 0 Å². The number of halogens is 1. The highest BCUT2D eigenvalue weighted by Gasteiger charge is 2.20. The maximum absolute atomic E-state index is 13.7. The molecule has 1 unspecified atom stereocenters. The van der Waals surface area contributed by atoms with Crippen molar-refractivity contribution >= 4 is 5.69 Å². The summed E-state index contributed by atoms with van der Waals surface area (Å²) in [5.74, 6) is -0.141. The minimum absolute atomic E-state index is 0.141. The van der Waals surface area contributed by atoms with Crippen LogP contribution in [-0.2, 0) is 4.74 Å². The monoisotopic (exact) mass is 281 g/mol. The third-order valence-electron chi connectivity index (χ3n) is 3.75. The van der Waals surface area contributed by atoms with Crippen LogP contribution in [0.5, 0.6) is 0 Å². The van der Waals surface area contributed by atoms with Crippen LogP contribution in [0.25, 0.3) is 0 Å². The van der Waals surface area contributed by atoms with Gasteiger partial charge in [0.05, 0.1) is 5.69 Å². The summed E-state index contributed by atoms with van der Waals surface area (Å²) in [6, 6.07) is 7.11. The second-order valence-electron chi connectivity index (χ2n) is 5.28. The van der Waals surface area contributed by atoms with E-state index in [9.17, 15) is 4.39 Å². The topological polar surface area (TPSA) is 41.7 Å². The minimum Gasteiger partial charge on any atom is -0.385 e. The van der Waals surface area contributed by atoms with Crippen LogP contribution in [-0.4, -0.2) is 57.4 Å². The van der Waals surface area contributed by atoms with Gasteiger partial charge in [-0.2, -0.15) is 0 Å². The first-order valence-electron chi connectivity index (χ1n) is 7.17. The molecule has 2 N–H and O–H groups in total. The van der Waals surface area contributed by atoms with Crippen LogP contribution in [0, 0.1) is 5.82 Å². The molecule has 112 valence electrons. The second kappa shape index (κ2) is 7.57.